The maximum absolute atomic E-state index is 12.6. The van der Waals surface area contributed by atoms with Crippen molar-refractivity contribution in [2.24, 2.45) is 0 Å². The van der Waals surface area contributed by atoms with Crippen molar-refractivity contribution < 1.29 is 19.0 Å². The quantitative estimate of drug-likeness (QED) is 0.650. The van der Waals surface area contributed by atoms with E-state index in [0.717, 1.165) is 5.56 Å². The Morgan fingerprint density at radius 3 is 2.28 bits per heavy atom. The van der Waals surface area contributed by atoms with Crippen LogP contribution in [0, 0.1) is 0 Å². The number of carbonyl (C=O) groups is 1. The Bertz CT molecular complexity index is 616. The Morgan fingerprint density at radius 1 is 1.04 bits per heavy atom. The number of hydrogen-bond donors (Lipinski definition) is 0. The number of nitrogens with zero attached hydrogens (tertiary/aromatic N) is 2. The van der Waals surface area contributed by atoms with Crippen molar-refractivity contribution in [1.29, 1.82) is 0 Å². The highest BCUT2D eigenvalue weighted by molar-refractivity contribution is 5.87. The van der Waals surface area contributed by atoms with E-state index in [2.05, 4.69) is 4.98 Å². The van der Waals surface area contributed by atoms with Gasteiger partial charge in [0.1, 0.15) is 6.61 Å². The molecule has 1 aromatic heterocycles. The van der Waals surface area contributed by atoms with Crippen LogP contribution < -0.4 is 4.90 Å². The molecule has 1 amide bonds. The SMILES string of the molecule is CCOC(CN(C(=O)OCc1ccccc1)c1ccncc1)OCC. The van der Waals surface area contributed by atoms with Crippen molar-refractivity contribution in [2.45, 2.75) is 26.7 Å². The Kier molecular flexibility index (Phi) is 7.88. The number of aromatic nitrogens is 1. The van der Waals surface area contributed by atoms with Gasteiger partial charge in [-0.25, -0.2) is 4.79 Å². The summed E-state index contributed by atoms with van der Waals surface area (Å²) in [7, 11) is 0. The number of rotatable bonds is 9. The molecule has 25 heavy (non-hydrogen) atoms. The normalized spacial score (nSPS) is 10.7. The van der Waals surface area contributed by atoms with Gasteiger partial charge in [0.2, 0.25) is 0 Å². The minimum absolute atomic E-state index is 0.204. The zero-order valence-corrected chi connectivity index (χ0v) is 14.6. The van der Waals surface area contributed by atoms with E-state index in [-0.39, 0.29) is 13.2 Å². The largest absolute Gasteiger partial charge is 0.444 e. The van der Waals surface area contributed by atoms with Gasteiger partial charge in [0.15, 0.2) is 6.29 Å². The number of amides is 1. The van der Waals surface area contributed by atoms with Crippen LogP contribution in [-0.4, -0.2) is 37.1 Å². The molecule has 0 unspecified atom stereocenters. The summed E-state index contributed by atoms with van der Waals surface area (Å²) in [6, 6.07) is 13.1. The smallest absolute Gasteiger partial charge is 0.414 e. The Balaban J connectivity index is 2.08. The molecule has 0 bridgehead atoms. The van der Waals surface area contributed by atoms with Crippen molar-refractivity contribution in [3.8, 4) is 0 Å². The molecule has 0 spiro atoms. The van der Waals surface area contributed by atoms with Crippen molar-refractivity contribution in [3.63, 3.8) is 0 Å². The lowest BCUT2D eigenvalue weighted by Crippen LogP contribution is -2.40. The van der Waals surface area contributed by atoms with Gasteiger partial charge in [-0.2, -0.15) is 0 Å². The molecule has 0 atom stereocenters. The molecular formula is C19H24N2O4. The molecule has 0 aliphatic heterocycles. The molecule has 1 heterocycles. The molecule has 0 radical (unpaired) electrons. The van der Waals surface area contributed by atoms with Gasteiger partial charge in [-0.3, -0.25) is 9.88 Å². The second kappa shape index (κ2) is 10.4. The van der Waals surface area contributed by atoms with Crippen LogP contribution >= 0.6 is 0 Å². The fourth-order valence-electron chi connectivity index (χ4n) is 2.28. The summed E-state index contributed by atoms with van der Waals surface area (Å²) in [4.78, 5) is 18.1. The monoisotopic (exact) mass is 344 g/mol. The lowest BCUT2D eigenvalue weighted by molar-refractivity contribution is -0.129. The molecule has 0 fully saturated rings. The standard InChI is InChI=1S/C19H24N2O4/c1-3-23-18(24-4-2)14-21(17-10-12-20-13-11-17)19(22)25-15-16-8-6-5-7-9-16/h5-13,18H,3-4,14-15H2,1-2H3. The first-order valence-electron chi connectivity index (χ1n) is 8.36. The number of benzene rings is 1. The Labute approximate surface area is 148 Å². The van der Waals surface area contributed by atoms with Crippen LogP contribution in [0.15, 0.2) is 54.9 Å². The van der Waals surface area contributed by atoms with Crippen LogP contribution in [0.2, 0.25) is 0 Å². The maximum atomic E-state index is 12.6. The number of ether oxygens (including phenoxy) is 3. The van der Waals surface area contributed by atoms with E-state index in [1.807, 2.05) is 44.2 Å². The van der Waals surface area contributed by atoms with E-state index in [1.54, 1.807) is 24.5 Å². The van der Waals surface area contributed by atoms with Crippen molar-refractivity contribution >= 4 is 11.8 Å². The molecule has 0 saturated heterocycles. The predicted molar refractivity (Wildman–Crippen MR) is 95.3 cm³/mol. The zero-order chi connectivity index (χ0) is 17.9. The topological polar surface area (TPSA) is 60.9 Å². The Morgan fingerprint density at radius 2 is 1.68 bits per heavy atom. The van der Waals surface area contributed by atoms with Crippen LogP contribution in [0.5, 0.6) is 0 Å². The highest BCUT2D eigenvalue weighted by atomic mass is 16.7. The summed E-state index contributed by atoms with van der Waals surface area (Å²) in [5, 5.41) is 0. The highest BCUT2D eigenvalue weighted by Gasteiger charge is 2.22. The van der Waals surface area contributed by atoms with Gasteiger partial charge in [0.05, 0.1) is 12.2 Å². The Hall–Kier alpha value is -2.44. The van der Waals surface area contributed by atoms with E-state index in [1.165, 1.54) is 4.90 Å². The van der Waals surface area contributed by atoms with Crippen LogP contribution in [0.4, 0.5) is 10.5 Å². The zero-order valence-electron chi connectivity index (χ0n) is 14.6. The molecule has 134 valence electrons. The van der Waals surface area contributed by atoms with Crippen LogP contribution in [0.25, 0.3) is 0 Å². The van der Waals surface area contributed by atoms with Crippen molar-refractivity contribution in [3.05, 3.63) is 60.4 Å². The summed E-state index contributed by atoms with van der Waals surface area (Å²) < 4.78 is 16.6. The maximum Gasteiger partial charge on any atom is 0.414 e. The molecule has 0 saturated carbocycles. The van der Waals surface area contributed by atoms with Gasteiger partial charge in [0, 0.05) is 25.6 Å². The van der Waals surface area contributed by atoms with E-state index in [0.29, 0.717) is 18.9 Å². The van der Waals surface area contributed by atoms with Crippen LogP contribution in [0.1, 0.15) is 19.4 Å². The molecule has 1 aromatic carbocycles. The van der Waals surface area contributed by atoms with Crippen LogP contribution in [0.3, 0.4) is 0 Å². The molecule has 6 heteroatoms. The number of pyridine rings is 1. The van der Waals surface area contributed by atoms with E-state index in [4.69, 9.17) is 14.2 Å². The lowest BCUT2D eigenvalue weighted by Gasteiger charge is -2.26. The van der Waals surface area contributed by atoms with Gasteiger partial charge in [-0.05, 0) is 31.5 Å². The van der Waals surface area contributed by atoms with Crippen LogP contribution in [-0.2, 0) is 20.8 Å². The second-order valence-electron chi connectivity index (χ2n) is 5.20. The minimum Gasteiger partial charge on any atom is -0.444 e. The molecule has 2 rings (SSSR count). The first kappa shape index (κ1) is 18.9. The molecule has 0 aliphatic rings. The number of hydrogen-bond acceptors (Lipinski definition) is 5. The fourth-order valence-corrected chi connectivity index (χ4v) is 2.28. The van der Waals surface area contributed by atoms with E-state index in [9.17, 15) is 4.79 Å². The fraction of sp³-hybridized carbons (Fsp3) is 0.368. The average molecular weight is 344 g/mol. The van der Waals surface area contributed by atoms with Gasteiger partial charge >= 0.3 is 6.09 Å². The molecule has 6 nitrogen and oxygen atoms in total. The first-order valence-corrected chi connectivity index (χ1v) is 8.36. The van der Waals surface area contributed by atoms with Gasteiger partial charge in [0.25, 0.3) is 0 Å². The summed E-state index contributed by atoms with van der Waals surface area (Å²) in [5.41, 5.74) is 1.61. The molecule has 2 aromatic rings. The van der Waals surface area contributed by atoms with Gasteiger partial charge in [-0.15, -0.1) is 0 Å². The average Bonchev–Trinajstić information content (AvgIpc) is 2.66. The van der Waals surface area contributed by atoms with Gasteiger partial charge in [-0.1, -0.05) is 30.3 Å². The van der Waals surface area contributed by atoms with Gasteiger partial charge < -0.3 is 14.2 Å². The molecular weight excluding hydrogens is 320 g/mol. The van der Waals surface area contributed by atoms with E-state index < -0.39 is 12.4 Å². The summed E-state index contributed by atoms with van der Waals surface area (Å²) >= 11 is 0. The number of carbonyl (C=O) groups excluding carboxylic acids is 1. The summed E-state index contributed by atoms with van der Waals surface area (Å²) in [6.07, 6.45) is 2.28. The summed E-state index contributed by atoms with van der Waals surface area (Å²) in [5.74, 6) is 0. The third-order valence-electron chi connectivity index (χ3n) is 3.44. The highest BCUT2D eigenvalue weighted by Crippen LogP contribution is 2.16. The molecule has 0 aliphatic carbocycles. The van der Waals surface area contributed by atoms with E-state index >= 15 is 0 Å². The predicted octanol–water partition coefficient (Wildman–Crippen LogP) is 3.62. The third-order valence-corrected chi connectivity index (χ3v) is 3.44. The second-order valence-corrected chi connectivity index (χ2v) is 5.20. The first-order chi connectivity index (χ1) is 12.2. The summed E-state index contributed by atoms with van der Waals surface area (Å²) in [6.45, 7) is 5.20. The minimum atomic E-state index is -0.521. The molecule has 0 N–H and O–H groups in total. The number of anilines is 1. The third kappa shape index (κ3) is 6.17. The lowest BCUT2D eigenvalue weighted by atomic mass is 10.2. The van der Waals surface area contributed by atoms with Crippen molar-refractivity contribution in [2.75, 3.05) is 24.7 Å². The van der Waals surface area contributed by atoms with Crippen molar-refractivity contribution in [1.82, 2.24) is 4.98 Å².